The molecule has 0 fully saturated rings. The molecule has 0 saturated heterocycles. The zero-order valence-corrected chi connectivity index (χ0v) is 19.2. The van der Waals surface area contributed by atoms with Gasteiger partial charge in [0.2, 0.25) is 0 Å². The quantitative estimate of drug-likeness (QED) is 0.279. The van der Waals surface area contributed by atoms with Crippen LogP contribution in [0, 0.1) is 5.92 Å². The molecule has 0 aliphatic carbocycles. The van der Waals surface area contributed by atoms with Crippen molar-refractivity contribution in [1.82, 2.24) is 0 Å². The Morgan fingerprint density at radius 2 is 1.15 bits per heavy atom. The molecule has 27 heavy (non-hydrogen) atoms. The van der Waals surface area contributed by atoms with Gasteiger partial charge in [-0.05, 0) is 92.9 Å². The first kappa shape index (κ1) is 25.6. The third-order valence-electron chi connectivity index (χ3n) is 5.12. The van der Waals surface area contributed by atoms with E-state index in [1.807, 2.05) is 0 Å². The number of hydrogen-bond donors (Lipinski definition) is 0. The van der Waals surface area contributed by atoms with Gasteiger partial charge in [0.15, 0.2) is 0 Å². The fourth-order valence-corrected chi connectivity index (χ4v) is 3.17. The molecule has 0 saturated carbocycles. The Morgan fingerprint density at radius 3 is 1.56 bits per heavy atom. The molecule has 0 aromatic carbocycles. The van der Waals surface area contributed by atoms with Crippen LogP contribution in [0.3, 0.4) is 0 Å². The minimum atomic E-state index is 0.217. The minimum absolute atomic E-state index is 0.217. The van der Waals surface area contributed by atoms with Crippen LogP contribution < -0.4 is 0 Å². The predicted octanol–water partition coefficient (Wildman–Crippen LogP) is 8.53. The van der Waals surface area contributed by atoms with Crippen LogP contribution in [0.4, 0.5) is 0 Å². The highest BCUT2D eigenvalue weighted by Gasteiger charge is 2.11. The lowest BCUT2D eigenvalue weighted by Crippen LogP contribution is -2.09. The van der Waals surface area contributed by atoms with Crippen LogP contribution in [0.2, 0.25) is 0 Å². The maximum Gasteiger partial charge on any atom is 0.133 e. The van der Waals surface area contributed by atoms with Crippen molar-refractivity contribution >= 4 is 5.78 Å². The molecule has 154 valence electrons. The van der Waals surface area contributed by atoms with E-state index >= 15 is 0 Å². The lowest BCUT2D eigenvalue weighted by molar-refractivity contribution is -0.120. The van der Waals surface area contributed by atoms with Gasteiger partial charge in [0.25, 0.3) is 0 Å². The molecule has 0 aliphatic heterocycles. The Morgan fingerprint density at radius 1 is 0.704 bits per heavy atom. The first-order chi connectivity index (χ1) is 12.8. The maximum absolute atomic E-state index is 11.6. The van der Waals surface area contributed by atoms with E-state index in [1.165, 1.54) is 28.7 Å². The number of hydrogen-bond acceptors (Lipinski definition) is 1. The van der Waals surface area contributed by atoms with Crippen molar-refractivity contribution in [3.05, 3.63) is 46.6 Å². The van der Waals surface area contributed by atoms with Gasteiger partial charge in [0.1, 0.15) is 5.78 Å². The van der Waals surface area contributed by atoms with Crippen LogP contribution in [-0.4, -0.2) is 5.78 Å². The Bertz CT molecular complexity index is 539. The van der Waals surface area contributed by atoms with E-state index in [0.29, 0.717) is 5.78 Å². The average molecular weight is 373 g/mol. The molecule has 1 heteroatoms. The summed E-state index contributed by atoms with van der Waals surface area (Å²) in [5.41, 5.74) is 5.82. The molecule has 1 atom stereocenters. The summed E-state index contributed by atoms with van der Waals surface area (Å²) in [4.78, 5) is 11.6. The molecule has 0 bridgehead atoms. The van der Waals surface area contributed by atoms with E-state index in [2.05, 4.69) is 65.8 Å². The highest BCUT2D eigenvalue weighted by Crippen LogP contribution is 2.17. The molecular weight excluding hydrogens is 328 g/mol. The molecule has 0 rings (SSSR count). The molecule has 0 aromatic heterocycles. The predicted molar refractivity (Wildman–Crippen MR) is 122 cm³/mol. The summed E-state index contributed by atoms with van der Waals surface area (Å²) in [5, 5.41) is 0. The Labute approximate surface area is 169 Å². The number of carbonyl (C=O) groups excluding carboxylic acids is 1. The van der Waals surface area contributed by atoms with Crippen LogP contribution in [0.5, 0.6) is 0 Å². The van der Waals surface area contributed by atoms with E-state index in [9.17, 15) is 4.79 Å². The van der Waals surface area contributed by atoms with E-state index < -0.39 is 0 Å². The highest BCUT2D eigenvalue weighted by atomic mass is 16.1. The van der Waals surface area contributed by atoms with Crippen molar-refractivity contribution in [3.63, 3.8) is 0 Å². The largest absolute Gasteiger partial charge is 0.300 e. The van der Waals surface area contributed by atoms with Crippen LogP contribution >= 0.6 is 0 Å². The van der Waals surface area contributed by atoms with Crippen molar-refractivity contribution in [2.45, 2.75) is 106 Å². The van der Waals surface area contributed by atoms with E-state index in [4.69, 9.17) is 0 Å². The van der Waals surface area contributed by atoms with Crippen molar-refractivity contribution in [2.75, 3.05) is 0 Å². The molecule has 1 nitrogen and oxygen atoms in total. The van der Waals surface area contributed by atoms with Gasteiger partial charge in [-0.25, -0.2) is 0 Å². The number of carbonyl (C=O) groups is 1. The van der Waals surface area contributed by atoms with Gasteiger partial charge in [-0.2, -0.15) is 0 Å². The Hall–Kier alpha value is -1.37. The van der Waals surface area contributed by atoms with Crippen LogP contribution in [-0.2, 0) is 4.79 Å². The van der Waals surface area contributed by atoms with E-state index in [-0.39, 0.29) is 5.92 Å². The summed E-state index contributed by atoms with van der Waals surface area (Å²) in [7, 11) is 0. The smallest absolute Gasteiger partial charge is 0.133 e. The zero-order valence-electron chi connectivity index (χ0n) is 19.2. The number of ketones is 1. The first-order valence-corrected chi connectivity index (χ1v) is 10.9. The maximum atomic E-state index is 11.6. The topological polar surface area (TPSA) is 17.1 Å². The third-order valence-corrected chi connectivity index (χ3v) is 5.12. The van der Waals surface area contributed by atoms with Crippen LogP contribution in [0.25, 0.3) is 0 Å². The fraction of sp³-hybridized carbons (Fsp3) is 0.654. The van der Waals surface area contributed by atoms with Crippen molar-refractivity contribution in [1.29, 1.82) is 0 Å². The van der Waals surface area contributed by atoms with Gasteiger partial charge in [0, 0.05) is 5.92 Å². The lowest BCUT2D eigenvalue weighted by Gasteiger charge is -2.10. The fourth-order valence-electron chi connectivity index (χ4n) is 3.17. The van der Waals surface area contributed by atoms with Gasteiger partial charge in [0.05, 0.1) is 0 Å². The lowest BCUT2D eigenvalue weighted by atomic mass is 9.94. The van der Waals surface area contributed by atoms with Crippen molar-refractivity contribution in [3.8, 4) is 0 Å². The van der Waals surface area contributed by atoms with Crippen LogP contribution in [0.15, 0.2) is 46.6 Å². The number of rotatable bonds is 14. The summed E-state index contributed by atoms with van der Waals surface area (Å²) in [6.45, 7) is 14.9. The monoisotopic (exact) mass is 372 g/mol. The molecule has 0 heterocycles. The van der Waals surface area contributed by atoms with Gasteiger partial charge in [-0.15, -0.1) is 0 Å². The summed E-state index contributed by atoms with van der Waals surface area (Å²) < 4.78 is 0. The molecule has 0 N–H and O–H groups in total. The normalized spacial score (nSPS) is 14.3. The second-order valence-electron chi connectivity index (χ2n) is 8.38. The Kier molecular flexibility index (Phi) is 14.9. The summed E-state index contributed by atoms with van der Waals surface area (Å²) in [6.07, 6.45) is 19.3. The molecule has 0 radical (unpaired) electrons. The van der Waals surface area contributed by atoms with Crippen molar-refractivity contribution in [2.24, 2.45) is 5.92 Å². The molecule has 0 spiro atoms. The summed E-state index contributed by atoms with van der Waals surface area (Å²) in [6, 6.07) is 0. The van der Waals surface area contributed by atoms with Gasteiger partial charge >= 0.3 is 0 Å². The number of Topliss-reactive ketones (excluding diaryl/α,β-unsaturated/α-hetero) is 1. The molecule has 1 unspecified atom stereocenters. The van der Waals surface area contributed by atoms with Gasteiger partial charge in [-0.1, -0.05) is 59.9 Å². The van der Waals surface area contributed by atoms with E-state index in [1.54, 1.807) is 6.92 Å². The summed E-state index contributed by atoms with van der Waals surface area (Å²) in [5.74, 6) is 0.551. The second kappa shape index (κ2) is 15.7. The Balaban J connectivity index is 4.18. The molecule has 0 aromatic rings. The standard InChI is InChI=1S/C26H44O/c1-8-12-26(25(7)27)20-19-24(6)18-11-17-23(5)16-10-15-22(4)14-9-13-21(2)3/h13,15,17,19,26H,8-12,14,16,18,20H2,1-7H3/b22-15+,23-17+,24-19+. The van der Waals surface area contributed by atoms with Crippen molar-refractivity contribution < 1.29 is 4.79 Å². The third kappa shape index (κ3) is 15.4. The molecule has 0 amide bonds. The second-order valence-corrected chi connectivity index (χ2v) is 8.38. The SMILES string of the molecule is CCCC(C/C=C(\C)CC/C=C(\C)CC/C=C(\C)CCC=C(C)C)C(C)=O. The van der Waals surface area contributed by atoms with Gasteiger partial charge < -0.3 is 0 Å². The van der Waals surface area contributed by atoms with Gasteiger partial charge in [-0.3, -0.25) is 4.79 Å². The zero-order chi connectivity index (χ0) is 20.7. The van der Waals surface area contributed by atoms with Crippen LogP contribution in [0.1, 0.15) is 106 Å². The summed E-state index contributed by atoms with van der Waals surface area (Å²) >= 11 is 0. The minimum Gasteiger partial charge on any atom is -0.300 e. The highest BCUT2D eigenvalue weighted by molar-refractivity contribution is 5.78. The van der Waals surface area contributed by atoms with E-state index in [0.717, 1.165) is 51.4 Å². The average Bonchev–Trinajstić information content (AvgIpc) is 2.58. The first-order valence-electron chi connectivity index (χ1n) is 10.9. The number of allylic oxidation sites excluding steroid dienone is 8. The molecular formula is C26H44O. The molecule has 0 aliphatic rings.